The van der Waals surface area contributed by atoms with Gasteiger partial charge in [0.2, 0.25) is 5.78 Å². The van der Waals surface area contributed by atoms with Crippen LogP contribution in [0.3, 0.4) is 0 Å². The summed E-state index contributed by atoms with van der Waals surface area (Å²) >= 11 is 0. The summed E-state index contributed by atoms with van der Waals surface area (Å²) in [6.45, 7) is 6.21. The highest BCUT2D eigenvalue weighted by Crippen LogP contribution is 2.40. The minimum Gasteiger partial charge on any atom is -0.503 e. The molecular formula is C26H27N3O7. The van der Waals surface area contributed by atoms with Gasteiger partial charge in [-0.3, -0.25) is 19.7 Å². The molecule has 1 aliphatic heterocycles. The van der Waals surface area contributed by atoms with Crippen LogP contribution in [0.25, 0.3) is 11.0 Å². The summed E-state index contributed by atoms with van der Waals surface area (Å²) in [6.07, 6.45) is 0. The van der Waals surface area contributed by atoms with Crippen LogP contribution in [0.15, 0.2) is 64.3 Å². The predicted octanol–water partition coefficient (Wildman–Crippen LogP) is 4.27. The van der Waals surface area contributed by atoms with Gasteiger partial charge >= 0.3 is 0 Å². The fourth-order valence-electron chi connectivity index (χ4n) is 4.50. The van der Waals surface area contributed by atoms with Gasteiger partial charge in [0.25, 0.3) is 11.6 Å². The number of carbonyl (C=O) groups excluding carboxylic acids is 2. The van der Waals surface area contributed by atoms with Gasteiger partial charge in [-0.25, -0.2) is 0 Å². The fraction of sp³-hybridized carbons (Fsp3) is 0.308. The molecule has 2 aromatic carbocycles. The smallest absolute Gasteiger partial charge is 0.290 e. The Morgan fingerprint density at radius 1 is 1.19 bits per heavy atom. The van der Waals surface area contributed by atoms with Crippen LogP contribution in [0.4, 0.5) is 5.69 Å². The number of likely N-dealkylation sites (N-methyl/N-ethyl adjacent to an activating group) is 1. The van der Waals surface area contributed by atoms with Gasteiger partial charge in [0.05, 0.1) is 23.6 Å². The van der Waals surface area contributed by atoms with Crippen molar-refractivity contribution >= 4 is 28.3 Å². The molecule has 10 nitrogen and oxygen atoms in total. The summed E-state index contributed by atoms with van der Waals surface area (Å²) in [6, 6.07) is 11.4. The number of hydrogen-bond acceptors (Lipinski definition) is 8. The number of ether oxygens (including phenoxy) is 1. The number of benzene rings is 2. The molecule has 36 heavy (non-hydrogen) atoms. The summed E-state index contributed by atoms with van der Waals surface area (Å²) in [5.41, 5.74) is 0.338. The average Bonchev–Trinajstić information content (AvgIpc) is 3.43. The zero-order chi connectivity index (χ0) is 26.0. The Kier molecular flexibility index (Phi) is 7.07. The number of methoxy groups -OCH3 is 1. The van der Waals surface area contributed by atoms with Gasteiger partial charge < -0.3 is 24.1 Å². The lowest BCUT2D eigenvalue weighted by Crippen LogP contribution is -2.38. The van der Waals surface area contributed by atoms with Gasteiger partial charge in [0.15, 0.2) is 22.9 Å². The van der Waals surface area contributed by atoms with E-state index in [0.29, 0.717) is 28.8 Å². The third-order valence-electron chi connectivity index (χ3n) is 6.45. The molecule has 0 saturated heterocycles. The lowest BCUT2D eigenvalue weighted by Gasteiger charge is -2.29. The maximum atomic E-state index is 13.7. The Bertz CT molecular complexity index is 1360. The topological polar surface area (TPSA) is 126 Å². The number of ketones is 1. The lowest BCUT2D eigenvalue weighted by atomic mass is 9.94. The largest absolute Gasteiger partial charge is 0.503 e. The number of carbonyl (C=O) groups is 2. The van der Waals surface area contributed by atoms with Gasteiger partial charge in [-0.15, -0.1) is 0 Å². The summed E-state index contributed by atoms with van der Waals surface area (Å²) < 4.78 is 11.1. The number of Topliss-reactive ketones (excluding diaryl/α,β-unsaturated/α-hetero) is 1. The van der Waals surface area contributed by atoms with E-state index >= 15 is 0 Å². The highest BCUT2D eigenvalue weighted by Gasteiger charge is 2.44. The maximum absolute atomic E-state index is 13.7. The second-order valence-corrected chi connectivity index (χ2v) is 8.36. The molecule has 3 aromatic rings. The standard InChI is InChI=1S/C26H27N3O7/c1-4-27(5-2)12-13-28-22(16-8-6-10-18(14-16)29(33)34)21(24(31)26(28)32)23(30)20-15-17-9-7-11-19(35-3)25(17)36-20/h6-11,14-15,22,31H,4-5,12-13H2,1-3H3/t22-/m1/s1. The number of amides is 1. The van der Waals surface area contributed by atoms with E-state index in [9.17, 15) is 24.8 Å². The van der Waals surface area contributed by atoms with Gasteiger partial charge in [0, 0.05) is 30.6 Å². The quantitative estimate of drug-likeness (QED) is 0.252. The molecule has 2 heterocycles. The van der Waals surface area contributed by atoms with Crippen LogP contribution < -0.4 is 4.74 Å². The summed E-state index contributed by atoms with van der Waals surface area (Å²) in [7, 11) is 1.48. The molecule has 0 fully saturated rings. The summed E-state index contributed by atoms with van der Waals surface area (Å²) in [4.78, 5) is 41.2. The van der Waals surface area contributed by atoms with Gasteiger partial charge in [-0.1, -0.05) is 38.1 Å². The third-order valence-corrected chi connectivity index (χ3v) is 6.45. The van der Waals surface area contributed by atoms with Crippen molar-refractivity contribution in [2.75, 3.05) is 33.3 Å². The van der Waals surface area contributed by atoms with Gasteiger partial charge in [0.1, 0.15) is 0 Å². The van der Waals surface area contributed by atoms with Gasteiger partial charge in [-0.05, 0) is 30.8 Å². The third kappa shape index (κ3) is 4.42. The number of non-ortho nitro benzene ring substituents is 1. The predicted molar refractivity (Wildman–Crippen MR) is 132 cm³/mol. The number of fused-ring (bicyclic) bond motifs is 1. The fourth-order valence-corrected chi connectivity index (χ4v) is 4.50. The minimum absolute atomic E-state index is 0.0788. The van der Waals surface area contributed by atoms with E-state index in [1.807, 2.05) is 13.8 Å². The van der Waals surface area contributed by atoms with Gasteiger partial charge in [-0.2, -0.15) is 0 Å². The van der Waals surface area contributed by atoms with E-state index in [1.54, 1.807) is 24.3 Å². The van der Waals surface area contributed by atoms with Crippen molar-refractivity contribution in [2.45, 2.75) is 19.9 Å². The Balaban J connectivity index is 1.80. The second-order valence-electron chi connectivity index (χ2n) is 8.36. The number of nitro groups is 1. The Morgan fingerprint density at radius 3 is 2.58 bits per heavy atom. The van der Waals surface area contributed by atoms with Crippen molar-refractivity contribution in [1.82, 2.24) is 9.80 Å². The molecule has 1 N–H and O–H groups in total. The average molecular weight is 494 g/mol. The molecule has 0 bridgehead atoms. The number of rotatable bonds is 10. The molecule has 0 unspecified atom stereocenters. The van der Waals surface area contributed by atoms with Crippen LogP contribution in [0.5, 0.6) is 5.75 Å². The number of nitro benzene ring substituents is 1. The van der Waals surface area contributed by atoms with Crippen molar-refractivity contribution in [2.24, 2.45) is 0 Å². The minimum atomic E-state index is -1.02. The SMILES string of the molecule is CCN(CC)CCN1C(=O)C(O)=C(C(=O)c2cc3cccc(OC)c3o2)[C@H]1c1cccc([N+](=O)[O-])c1. The zero-order valence-electron chi connectivity index (χ0n) is 20.3. The number of hydrogen-bond donors (Lipinski definition) is 1. The Hall–Kier alpha value is -4.18. The van der Waals surface area contributed by atoms with Crippen LogP contribution in [0.2, 0.25) is 0 Å². The maximum Gasteiger partial charge on any atom is 0.290 e. The zero-order valence-corrected chi connectivity index (χ0v) is 20.3. The summed E-state index contributed by atoms with van der Waals surface area (Å²) in [5.74, 6) is -1.73. The molecule has 188 valence electrons. The van der Waals surface area contributed by atoms with Crippen LogP contribution in [0.1, 0.15) is 36.0 Å². The molecule has 1 amide bonds. The molecule has 1 aliphatic rings. The molecule has 1 atom stereocenters. The van der Waals surface area contributed by atoms with Crippen molar-refractivity contribution < 1.29 is 28.8 Å². The van der Waals surface area contributed by atoms with E-state index < -0.39 is 28.4 Å². The summed E-state index contributed by atoms with van der Waals surface area (Å²) in [5, 5.41) is 22.9. The van der Waals surface area contributed by atoms with Crippen molar-refractivity contribution in [3.8, 4) is 5.75 Å². The number of para-hydroxylation sites is 1. The number of aliphatic hydroxyl groups is 1. The second kappa shape index (κ2) is 10.2. The molecule has 0 saturated carbocycles. The first kappa shape index (κ1) is 24.9. The number of aliphatic hydroxyl groups excluding tert-OH is 1. The lowest BCUT2D eigenvalue weighted by molar-refractivity contribution is -0.384. The van der Waals surface area contributed by atoms with E-state index in [1.165, 1.54) is 36.3 Å². The van der Waals surface area contributed by atoms with E-state index in [0.717, 1.165) is 13.1 Å². The molecule has 0 radical (unpaired) electrons. The van der Waals surface area contributed by atoms with Crippen LogP contribution in [-0.4, -0.2) is 64.8 Å². The van der Waals surface area contributed by atoms with Crippen molar-refractivity contribution in [3.63, 3.8) is 0 Å². The first-order valence-corrected chi connectivity index (χ1v) is 11.6. The molecule has 0 aliphatic carbocycles. The molecule has 1 aromatic heterocycles. The first-order chi connectivity index (χ1) is 17.3. The molecule has 0 spiro atoms. The number of furan rings is 1. The molecular weight excluding hydrogens is 466 g/mol. The van der Waals surface area contributed by atoms with Crippen LogP contribution in [-0.2, 0) is 4.79 Å². The van der Waals surface area contributed by atoms with Crippen molar-refractivity contribution in [3.05, 3.63) is 81.3 Å². The Morgan fingerprint density at radius 2 is 1.92 bits per heavy atom. The molecule has 10 heteroatoms. The normalized spacial score (nSPS) is 15.8. The Labute approximate surface area is 207 Å². The number of nitrogens with zero attached hydrogens (tertiary/aromatic N) is 3. The van der Waals surface area contributed by atoms with Crippen LogP contribution >= 0.6 is 0 Å². The van der Waals surface area contributed by atoms with E-state index in [4.69, 9.17) is 9.15 Å². The highest BCUT2D eigenvalue weighted by atomic mass is 16.6. The van der Waals surface area contributed by atoms with E-state index in [2.05, 4.69) is 4.90 Å². The van der Waals surface area contributed by atoms with Crippen LogP contribution in [0, 0.1) is 10.1 Å². The monoisotopic (exact) mass is 493 g/mol. The first-order valence-electron chi connectivity index (χ1n) is 11.6. The van der Waals surface area contributed by atoms with E-state index in [-0.39, 0.29) is 23.6 Å². The van der Waals surface area contributed by atoms with Crippen molar-refractivity contribution in [1.29, 1.82) is 0 Å². The highest BCUT2D eigenvalue weighted by molar-refractivity contribution is 6.16. The molecule has 4 rings (SSSR count).